The third-order valence-corrected chi connectivity index (χ3v) is 7.15. The fraction of sp³-hybridized carbons (Fsp3) is 0.333. The molecule has 1 fully saturated rings. The number of Topliss-reactive ketones (excluding diaryl/α,β-unsaturated/α-hetero) is 2. The molecule has 0 unspecified atom stereocenters. The molecule has 3 aromatic heterocycles. The quantitative estimate of drug-likeness (QED) is 0.297. The van der Waals surface area contributed by atoms with Gasteiger partial charge in [-0.05, 0) is 52.2 Å². The maximum absolute atomic E-state index is 13.2. The number of aryl methyl sites for hydroxylation is 1. The zero-order valence-corrected chi connectivity index (χ0v) is 19.3. The zero-order chi connectivity index (χ0) is 22.6. The number of hydrogen-bond donors (Lipinski definition) is 2. The average Bonchev–Trinajstić information content (AvgIpc) is 3.25. The van der Waals surface area contributed by atoms with E-state index in [2.05, 4.69) is 30.8 Å². The first kappa shape index (κ1) is 20.8. The number of thioether (sulfide) groups is 1. The number of aromatic nitrogens is 5. The molecule has 8 heteroatoms. The van der Waals surface area contributed by atoms with Crippen LogP contribution >= 0.6 is 11.8 Å². The summed E-state index contributed by atoms with van der Waals surface area (Å²) in [6.07, 6.45) is 4.14. The Bertz CT molecular complexity index is 1360. The number of carbonyl (C=O) groups is 2. The second-order valence-corrected chi connectivity index (χ2v) is 9.77. The molecule has 3 heterocycles. The Labute approximate surface area is 190 Å². The van der Waals surface area contributed by atoms with Crippen LogP contribution in [-0.4, -0.2) is 41.5 Å². The molecule has 0 saturated heterocycles. The van der Waals surface area contributed by atoms with E-state index in [1.54, 1.807) is 0 Å². The van der Waals surface area contributed by atoms with Gasteiger partial charge in [0.2, 0.25) is 0 Å². The number of nitrogens with one attached hydrogen (secondary N) is 2. The van der Waals surface area contributed by atoms with E-state index >= 15 is 0 Å². The molecule has 2 N–H and O–H groups in total. The van der Waals surface area contributed by atoms with Gasteiger partial charge in [0, 0.05) is 40.0 Å². The van der Waals surface area contributed by atoms with Crippen LogP contribution in [0.4, 0.5) is 0 Å². The number of H-pyrrole nitrogens is 2. The predicted molar refractivity (Wildman–Crippen MR) is 126 cm³/mol. The first-order chi connectivity index (χ1) is 15.4. The van der Waals surface area contributed by atoms with Gasteiger partial charge in [-0.2, -0.15) is 0 Å². The molecule has 4 aromatic rings. The summed E-state index contributed by atoms with van der Waals surface area (Å²) in [5.74, 6) is 0.757. The summed E-state index contributed by atoms with van der Waals surface area (Å²) >= 11 is 1.42. The van der Waals surface area contributed by atoms with E-state index < -0.39 is 0 Å². The molecular weight excluding hydrogens is 422 g/mol. The van der Waals surface area contributed by atoms with Gasteiger partial charge in [0.05, 0.1) is 10.9 Å². The van der Waals surface area contributed by atoms with Crippen LogP contribution in [-0.2, 0) is 0 Å². The molecule has 0 bridgehead atoms. The predicted octanol–water partition coefficient (Wildman–Crippen LogP) is 5.27. The molecular formula is C24H25N5O2S. The number of carbonyl (C=O) groups excluding carboxylic acids is 2. The number of nitrogens with zero attached hydrogens (tertiary/aromatic N) is 3. The minimum atomic E-state index is -0.371. The lowest BCUT2D eigenvalue weighted by atomic mass is 10.0. The molecule has 5 rings (SSSR count). The molecule has 32 heavy (non-hydrogen) atoms. The monoisotopic (exact) mass is 447 g/mol. The van der Waals surface area contributed by atoms with Crippen molar-refractivity contribution in [3.8, 4) is 11.4 Å². The van der Waals surface area contributed by atoms with Crippen LogP contribution in [0.3, 0.4) is 0 Å². The van der Waals surface area contributed by atoms with Crippen molar-refractivity contribution in [2.24, 2.45) is 0 Å². The lowest BCUT2D eigenvalue weighted by molar-refractivity contribution is 0.0988. The van der Waals surface area contributed by atoms with Gasteiger partial charge in [-0.25, -0.2) is 0 Å². The minimum absolute atomic E-state index is 0.0348. The van der Waals surface area contributed by atoms with Gasteiger partial charge in [0.25, 0.3) is 0 Å². The summed E-state index contributed by atoms with van der Waals surface area (Å²) in [7, 11) is 0. The number of rotatable bonds is 7. The lowest BCUT2D eigenvalue weighted by Gasteiger charge is -2.12. The summed E-state index contributed by atoms with van der Waals surface area (Å²) in [6, 6.07) is 8.50. The number of para-hydroxylation sites is 1. The standard InChI is InChI=1S/C24H25N5O2S/c1-12-20(14(3)30)13(2)26-21(12)22(31)15(4)32-24-28-27-23(29(24)16-9-10-16)18-11-25-19-8-6-5-7-17(18)19/h5-8,11,15-16,25-26H,9-10H2,1-4H3/t15-/m0/s1. The van der Waals surface area contributed by atoms with Gasteiger partial charge in [-0.15, -0.1) is 10.2 Å². The van der Waals surface area contributed by atoms with Crippen LogP contribution in [0.25, 0.3) is 22.3 Å². The molecule has 7 nitrogen and oxygen atoms in total. The maximum atomic E-state index is 13.2. The van der Waals surface area contributed by atoms with Crippen LogP contribution < -0.4 is 0 Å². The van der Waals surface area contributed by atoms with E-state index in [9.17, 15) is 9.59 Å². The fourth-order valence-electron chi connectivity index (χ4n) is 4.40. The Morgan fingerprint density at radius 2 is 1.94 bits per heavy atom. The summed E-state index contributed by atoms with van der Waals surface area (Å²) in [5.41, 5.74) is 4.64. The highest BCUT2D eigenvalue weighted by Crippen LogP contribution is 2.43. The van der Waals surface area contributed by atoms with Crippen LogP contribution in [0.1, 0.15) is 64.8 Å². The highest BCUT2D eigenvalue weighted by atomic mass is 32.2. The van der Waals surface area contributed by atoms with E-state index in [0.29, 0.717) is 17.3 Å². The van der Waals surface area contributed by atoms with Crippen molar-refractivity contribution in [2.75, 3.05) is 0 Å². The number of fused-ring (bicyclic) bond motifs is 1. The van der Waals surface area contributed by atoms with Crippen molar-refractivity contribution >= 4 is 34.2 Å². The first-order valence-electron chi connectivity index (χ1n) is 10.8. The second kappa shape index (κ2) is 7.78. The van der Waals surface area contributed by atoms with E-state index in [0.717, 1.165) is 51.5 Å². The molecule has 1 aliphatic carbocycles. The van der Waals surface area contributed by atoms with Crippen molar-refractivity contribution in [2.45, 2.75) is 57.0 Å². The molecule has 1 saturated carbocycles. The van der Waals surface area contributed by atoms with Crippen LogP contribution in [0.15, 0.2) is 35.6 Å². The molecule has 0 amide bonds. The van der Waals surface area contributed by atoms with Crippen molar-refractivity contribution in [3.63, 3.8) is 0 Å². The van der Waals surface area contributed by atoms with Crippen molar-refractivity contribution in [1.29, 1.82) is 0 Å². The Balaban J connectivity index is 1.47. The third kappa shape index (κ3) is 3.39. The number of ketones is 2. The zero-order valence-electron chi connectivity index (χ0n) is 18.5. The van der Waals surface area contributed by atoms with Crippen LogP contribution in [0, 0.1) is 13.8 Å². The molecule has 1 atom stereocenters. The van der Waals surface area contributed by atoms with Gasteiger partial charge in [0.15, 0.2) is 22.5 Å². The molecule has 1 aliphatic rings. The lowest BCUT2D eigenvalue weighted by Crippen LogP contribution is -2.16. The Hall–Kier alpha value is -3.13. The van der Waals surface area contributed by atoms with Crippen molar-refractivity contribution in [1.82, 2.24) is 24.7 Å². The van der Waals surface area contributed by atoms with Gasteiger partial charge in [-0.3, -0.25) is 14.2 Å². The maximum Gasteiger partial charge on any atom is 0.192 e. The smallest absolute Gasteiger partial charge is 0.192 e. The van der Waals surface area contributed by atoms with E-state index in [4.69, 9.17) is 0 Å². The van der Waals surface area contributed by atoms with Gasteiger partial charge >= 0.3 is 0 Å². The molecule has 164 valence electrons. The summed E-state index contributed by atoms with van der Waals surface area (Å²) < 4.78 is 2.18. The van der Waals surface area contributed by atoms with E-state index in [-0.39, 0.29) is 16.8 Å². The molecule has 0 spiro atoms. The second-order valence-electron chi connectivity index (χ2n) is 8.46. The molecule has 0 aliphatic heterocycles. The molecule has 0 radical (unpaired) electrons. The Kier molecular flexibility index (Phi) is 5.04. The van der Waals surface area contributed by atoms with Gasteiger partial charge in [-0.1, -0.05) is 30.0 Å². The van der Waals surface area contributed by atoms with Crippen LogP contribution in [0.5, 0.6) is 0 Å². The van der Waals surface area contributed by atoms with Crippen molar-refractivity contribution < 1.29 is 9.59 Å². The first-order valence-corrected chi connectivity index (χ1v) is 11.7. The van der Waals surface area contributed by atoms with Gasteiger partial charge < -0.3 is 9.97 Å². The number of hydrogen-bond acceptors (Lipinski definition) is 5. The summed E-state index contributed by atoms with van der Waals surface area (Å²) in [4.78, 5) is 31.6. The highest BCUT2D eigenvalue weighted by molar-refractivity contribution is 8.00. The summed E-state index contributed by atoms with van der Waals surface area (Å²) in [6.45, 7) is 7.06. The normalized spacial score (nSPS) is 14.8. The van der Waals surface area contributed by atoms with E-state index in [1.807, 2.05) is 45.2 Å². The van der Waals surface area contributed by atoms with E-state index in [1.165, 1.54) is 18.7 Å². The molecule has 1 aromatic carbocycles. The topological polar surface area (TPSA) is 96.4 Å². The Morgan fingerprint density at radius 3 is 2.62 bits per heavy atom. The highest BCUT2D eigenvalue weighted by Gasteiger charge is 2.33. The SMILES string of the molecule is CC(=O)c1c(C)[nH]c(C(=O)[C@H](C)Sc2nnc(-c3c[nH]c4ccccc34)n2C2CC2)c1C. The number of benzene rings is 1. The van der Waals surface area contributed by atoms with Crippen molar-refractivity contribution in [3.05, 3.63) is 53.0 Å². The summed E-state index contributed by atoms with van der Waals surface area (Å²) in [5, 5.41) is 10.5. The third-order valence-electron chi connectivity index (χ3n) is 6.09. The number of aromatic amines is 2. The average molecular weight is 448 g/mol. The largest absolute Gasteiger partial charge is 0.360 e. The minimum Gasteiger partial charge on any atom is -0.360 e. The van der Waals surface area contributed by atoms with Crippen LogP contribution in [0.2, 0.25) is 0 Å². The van der Waals surface area contributed by atoms with Gasteiger partial charge in [0.1, 0.15) is 0 Å². The Morgan fingerprint density at radius 1 is 1.19 bits per heavy atom. The fourth-order valence-corrected chi connectivity index (χ4v) is 5.38.